The summed E-state index contributed by atoms with van der Waals surface area (Å²) in [5, 5.41) is 7.86. The predicted octanol–water partition coefficient (Wildman–Crippen LogP) is 10.0. The van der Waals surface area contributed by atoms with Crippen LogP contribution in [0, 0.1) is 0 Å². The van der Waals surface area contributed by atoms with Gasteiger partial charge in [0.05, 0.1) is 0 Å². The second-order valence-corrected chi connectivity index (χ2v) is 18.7. The van der Waals surface area contributed by atoms with Gasteiger partial charge in [0.2, 0.25) is 0 Å². The summed E-state index contributed by atoms with van der Waals surface area (Å²) in [7, 11) is 0. The fourth-order valence-corrected chi connectivity index (χ4v) is 7.48. The van der Waals surface area contributed by atoms with E-state index in [1.165, 1.54) is 0 Å². The molecule has 2 aliphatic heterocycles. The molecule has 2 amide bonds. The highest BCUT2D eigenvalue weighted by Gasteiger charge is 2.29. The van der Waals surface area contributed by atoms with E-state index >= 15 is 0 Å². The van der Waals surface area contributed by atoms with E-state index in [0.717, 1.165) is 69.9 Å². The molecule has 68 heavy (non-hydrogen) atoms. The Kier molecular flexibility index (Phi) is 18.4. The van der Waals surface area contributed by atoms with Crippen molar-refractivity contribution in [3.05, 3.63) is 114 Å². The van der Waals surface area contributed by atoms with Crippen LogP contribution in [0.15, 0.2) is 97.6 Å². The Hall–Kier alpha value is -6.65. The minimum absolute atomic E-state index is 0. The van der Waals surface area contributed by atoms with Crippen LogP contribution in [-0.2, 0) is 22.6 Å². The van der Waals surface area contributed by atoms with Gasteiger partial charge in [0.1, 0.15) is 57.5 Å². The summed E-state index contributed by atoms with van der Waals surface area (Å²) in [6.07, 6.45) is 9.48. The molecule has 2 aromatic carbocycles. The summed E-state index contributed by atoms with van der Waals surface area (Å²) >= 11 is 5.83. The zero-order chi connectivity index (χ0) is 48.1. The molecule has 0 atom stereocenters. The van der Waals surface area contributed by atoms with Gasteiger partial charge in [-0.1, -0.05) is 43.3 Å². The van der Waals surface area contributed by atoms with E-state index in [0.29, 0.717) is 61.8 Å². The van der Waals surface area contributed by atoms with Gasteiger partial charge < -0.3 is 51.3 Å². The van der Waals surface area contributed by atoms with Crippen molar-refractivity contribution < 1.29 is 28.5 Å². The number of hydrogen-bond donors (Lipinski definition) is 4. The number of aromatic nitrogens is 4. The molecule has 0 unspecified atom stereocenters. The highest BCUT2D eigenvalue weighted by atomic mass is 35.5. The molecule has 16 nitrogen and oxygen atoms in total. The predicted molar refractivity (Wildman–Crippen MR) is 271 cm³/mol. The Balaban J connectivity index is 0.000000210. The third kappa shape index (κ3) is 16.0. The fourth-order valence-electron chi connectivity index (χ4n) is 7.32. The quantitative estimate of drug-likeness (QED) is 0.104. The molecular weight excluding hydrogens is 884 g/mol. The van der Waals surface area contributed by atoms with Gasteiger partial charge >= 0.3 is 12.2 Å². The van der Waals surface area contributed by atoms with E-state index in [2.05, 4.69) is 31.3 Å². The summed E-state index contributed by atoms with van der Waals surface area (Å²) in [5.41, 5.74) is 18.5. The van der Waals surface area contributed by atoms with Gasteiger partial charge in [-0.05, 0) is 99.8 Å². The third-order valence-corrected chi connectivity index (χ3v) is 10.9. The number of ether oxygens (including phenoxy) is 4. The number of pyridine rings is 4. The Morgan fingerprint density at radius 3 is 1.54 bits per heavy atom. The van der Waals surface area contributed by atoms with Crippen LogP contribution in [0.4, 0.5) is 27.0 Å². The summed E-state index contributed by atoms with van der Waals surface area (Å²) < 4.78 is 22.9. The number of hydrogen-bond acceptors (Lipinski definition) is 14. The fraction of sp³-hybridized carbons (Fsp3) is 0.412. The first kappa shape index (κ1) is 52.3. The van der Waals surface area contributed by atoms with Gasteiger partial charge in [-0.15, -0.1) is 0 Å². The smallest absolute Gasteiger partial charge is 0.410 e. The number of benzene rings is 2. The normalized spacial score (nSPS) is 14.4. The number of amides is 2. The Morgan fingerprint density at radius 1 is 0.632 bits per heavy atom. The molecule has 0 saturated carbocycles. The van der Waals surface area contributed by atoms with Crippen molar-refractivity contribution in [1.29, 1.82) is 0 Å². The first-order valence-electron chi connectivity index (χ1n) is 22.5. The summed E-state index contributed by atoms with van der Waals surface area (Å²) in [5.74, 6) is 3.33. The zero-order valence-electron chi connectivity index (χ0n) is 39.2. The second kappa shape index (κ2) is 23.9. The summed E-state index contributed by atoms with van der Waals surface area (Å²) in [6, 6.07) is 23.2. The standard InChI is InChI=1S/C25H31N5O3.C15H21ClN2O3.C10H11N3.CH4/c1-25(2,3)33-24(31)30-12-8-19(9-13-30)32-20-7-11-27-22(15-20)29-16-17-4-5-21-18(14-17)6-10-28-23(21)26;1-15(2,3)21-14(19)18-8-5-11(6-9-18)20-12-4-7-17-13(16)10-12;11-6-7-1-2-9-8(5-7)3-4-13-10(9)12;/h4-7,10-11,14-15,19H,8-9,12-13,16H2,1-3H3,(H2,26,28)(H,27,29);4,7,10-11H,5-6,8-9H2,1-3H3;1-5H,6,11H2,(H2,12,13);1H4. The number of piperidine rings is 2. The molecular formula is C51H67ClN10O6. The van der Waals surface area contributed by atoms with Crippen LogP contribution in [-0.4, -0.2) is 91.5 Å². The molecule has 2 aliphatic rings. The number of fused-ring (bicyclic) bond motifs is 2. The van der Waals surface area contributed by atoms with Crippen LogP contribution in [0.2, 0.25) is 5.15 Å². The van der Waals surface area contributed by atoms with Crippen LogP contribution >= 0.6 is 11.6 Å². The van der Waals surface area contributed by atoms with E-state index in [4.69, 9.17) is 47.7 Å². The molecule has 2 saturated heterocycles. The highest BCUT2D eigenvalue weighted by Crippen LogP contribution is 2.26. The minimum atomic E-state index is -0.484. The zero-order valence-corrected chi connectivity index (χ0v) is 40.0. The summed E-state index contributed by atoms with van der Waals surface area (Å²) in [6.45, 7) is 14.9. The van der Waals surface area contributed by atoms with Crippen LogP contribution in [0.25, 0.3) is 21.5 Å². The number of nitrogen functional groups attached to an aromatic ring is 2. The maximum absolute atomic E-state index is 12.2. The van der Waals surface area contributed by atoms with Gasteiger partial charge in [-0.2, -0.15) is 0 Å². The number of carbonyl (C=O) groups is 2. The number of nitrogens with zero attached hydrogens (tertiary/aromatic N) is 6. The third-order valence-electron chi connectivity index (χ3n) is 10.7. The van der Waals surface area contributed by atoms with Crippen molar-refractivity contribution in [3.63, 3.8) is 0 Å². The number of anilines is 3. The van der Waals surface area contributed by atoms with Crippen LogP contribution in [0.1, 0.15) is 85.8 Å². The number of carbonyl (C=O) groups excluding carboxylic acids is 2. The lowest BCUT2D eigenvalue weighted by molar-refractivity contribution is 0.0115. The molecule has 6 heterocycles. The average molecular weight is 952 g/mol. The van der Waals surface area contributed by atoms with Gasteiger partial charge in [-0.3, -0.25) is 0 Å². The van der Waals surface area contributed by atoms with Gasteiger partial charge in [0, 0.05) is 113 Å². The van der Waals surface area contributed by atoms with E-state index in [1.54, 1.807) is 46.7 Å². The number of rotatable bonds is 8. The minimum Gasteiger partial charge on any atom is -0.490 e. The van der Waals surface area contributed by atoms with E-state index < -0.39 is 11.2 Å². The van der Waals surface area contributed by atoms with Crippen LogP contribution in [0.3, 0.4) is 0 Å². The molecule has 364 valence electrons. The van der Waals surface area contributed by atoms with Crippen molar-refractivity contribution >= 4 is 62.8 Å². The Morgan fingerprint density at radius 2 is 1.07 bits per heavy atom. The molecule has 0 aliphatic carbocycles. The number of nitrogens with two attached hydrogens (primary N) is 3. The number of halogens is 1. The molecule has 2 fully saturated rings. The topological polar surface area (TPSA) is 219 Å². The lowest BCUT2D eigenvalue weighted by atomic mass is 10.1. The molecule has 0 radical (unpaired) electrons. The monoisotopic (exact) mass is 950 g/mol. The van der Waals surface area contributed by atoms with Crippen LogP contribution < -0.4 is 32.0 Å². The number of nitrogens with one attached hydrogen (secondary N) is 1. The van der Waals surface area contributed by atoms with Gasteiger partial charge in [0.25, 0.3) is 0 Å². The molecule has 0 spiro atoms. The molecule has 0 bridgehead atoms. The molecule has 17 heteroatoms. The van der Waals surface area contributed by atoms with Crippen molar-refractivity contribution in [2.45, 2.75) is 111 Å². The van der Waals surface area contributed by atoms with Crippen molar-refractivity contribution in [1.82, 2.24) is 29.7 Å². The molecule has 4 aromatic heterocycles. The van der Waals surface area contributed by atoms with E-state index in [-0.39, 0.29) is 31.8 Å². The molecule has 6 aromatic rings. The van der Waals surface area contributed by atoms with Gasteiger partial charge in [0.15, 0.2) is 0 Å². The SMILES string of the molecule is C.CC(C)(C)OC(=O)N1CCC(Oc2ccnc(Cl)c2)CC1.CC(C)(C)OC(=O)N1CCC(Oc2ccnc(NCc3ccc4c(N)nccc4c3)c2)CC1.NCc1ccc2c(N)nccc2c1. The lowest BCUT2D eigenvalue weighted by Gasteiger charge is -2.33. The van der Waals surface area contributed by atoms with Crippen molar-refractivity contribution in [2.24, 2.45) is 5.73 Å². The largest absolute Gasteiger partial charge is 0.490 e. The van der Waals surface area contributed by atoms with E-state index in [1.807, 2.05) is 96.1 Å². The maximum Gasteiger partial charge on any atom is 0.410 e. The highest BCUT2D eigenvalue weighted by molar-refractivity contribution is 6.29. The first-order chi connectivity index (χ1) is 31.9. The lowest BCUT2D eigenvalue weighted by Crippen LogP contribution is -2.44. The van der Waals surface area contributed by atoms with Gasteiger partial charge in [-0.25, -0.2) is 29.5 Å². The Bertz CT molecular complexity index is 2590. The van der Waals surface area contributed by atoms with E-state index in [9.17, 15) is 9.59 Å². The summed E-state index contributed by atoms with van der Waals surface area (Å²) in [4.78, 5) is 44.1. The molecule has 7 N–H and O–H groups in total. The first-order valence-corrected chi connectivity index (χ1v) is 22.9. The number of likely N-dealkylation sites (tertiary alicyclic amines) is 2. The van der Waals surface area contributed by atoms with Crippen molar-refractivity contribution in [3.8, 4) is 11.5 Å². The average Bonchev–Trinajstić information content (AvgIpc) is 3.28. The Labute approximate surface area is 404 Å². The van der Waals surface area contributed by atoms with Crippen molar-refractivity contribution in [2.75, 3.05) is 43.0 Å². The molecule has 8 rings (SSSR count). The second-order valence-electron chi connectivity index (χ2n) is 18.3. The maximum atomic E-state index is 12.2. The van der Waals surface area contributed by atoms with Crippen LogP contribution in [0.5, 0.6) is 11.5 Å².